The lowest BCUT2D eigenvalue weighted by Gasteiger charge is -2.44. The van der Waals surface area contributed by atoms with Crippen LogP contribution >= 0.6 is 11.3 Å². The molecule has 268 valence electrons. The van der Waals surface area contributed by atoms with Crippen LogP contribution in [-0.2, 0) is 23.2 Å². The van der Waals surface area contributed by atoms with Crippen LogP contribution in [0.5, 0.6) is 0 Å². The summed E-state index contributed by atoms with van der Waals surface area (Å²) in [6.07, 6.45) is 8.83. The first-order valence-electron chi connectivity index (χ1n) is 18.5. The summed E-state index contributed by atoms with van der Waals surface area (Å²) < 4.78 is 20.6. The van der Waals surface area contributed by atoms with Gasteiger partial charge in [0.2, 0.25) is 0 Å². The molecule has 1 aliphatic heterocycles. The first-order valence-corrected chi connectivity index (χ1v) is 24.4. The summed E-state index contributed by atoms with van der Waals surface area (Å²) in [5.41, 5.74) is 0.942. The third kappa shape index (κ3) is 11.3. The number of Topliss-reactive ketones (excluding diaryl/α,β-unsaturated/α-hetero) is 1. The number of carbonyl (C=O) groups is 2. The van der Waals surface area contributed by atoms with E-state index in [4.69, 9.17) is 13.6 Å². The molecule has 0 aromatic carbocycles. The van der Waals surface area contributed by atoms with Gasteiger partial charge in [-0.05, 0) is 86.9 Å². The molecule has 0 amide bonds. The van der Waals surface area contributed by atoms with Crippen LogP contribution in [0.2, 0.25) is 36.3 Å². The Labute approximate surface area is 293 Å². The predicted octanol–water partition coefficient (Wildman–Crippen LogP) is 10.9. The zero-order chi connectivity index (χ0) is 35.4. The zero-order valence-corrected chi connectivity index (χ0v) is 34.7. The number of ether oxygens (including phenoxy) is 1. The highest BCUT2D eigenvalue weighted by molar-refractivity contribution is 7.09. The predicted molar refractivity (Wildman–Crippen MR) is 204 cm³/mol. The van der Waals surface area contributed by atoms with Crippen LogP contribution in [0.25, 0.3) is 6.08 Å². The standard InChI is InChI=1S/C38H67NO5SSi2/c1-13-46(14-2,15-3)43-34-26-35(40)42-33(29(8)25-32-27-45-31(10)39-32)24-22-20-19-21-23-28(7)36(30(9)37(41)38(34,11)12)44-47(16-4,17-5)18-6/h20,22,25,27-28,30,33-34,36H,13-19,21,23-24,26H2,1-12H3/b22-20-,29-25+/t28-,30+,33-,34-,36-/m0/s1. The Balaban J connectivity index is 2.61. The molecule has 6 nitrogen and oxygen atoms in total. The molecule has 0 aliphatic carbocycles. The first kappa shape index (κ1) is 41.8. The molecule has 0 bridgehead atoms. The molecule has 0 spiro atoms. The van der Waals surface area contributed by atoms with Gasteiger partial charge in [0, 0.05) is 23.1 Å². The molecule has 1 aromatic rings. The van der Waals surface area contributed by atoms with Gasteiger partial charge >= 0.3 is 5.97 Å². The van der Waals surface area contributed by atoms with E-state index >= 15 is 0 Å². The van der Waals surface area contributed by atoms with Crippen LogP contribution in [0.3, 0.4) is 0 Å². The van der Waals surface area contributed by atoms with Crippen LogP contribution in [0.1, 0.15) is 119 Å². The lowest BCUT2D eigenvalue weighted by Crippen LogP contribution is -2.53. The second-order valence-corrected chi connectivity index (χ2v) is 25.0. The number of ketones is 1. The van der Waals surface area contributed by atoms with Gasteiger partial charge in [0.05, 0.1) is 29.3 Å². The summed E-state index contributed by atoms with van der Waals surface area (Å²) >= 11 is 1.61. The minimum atomic E-state index is -2.19. The first-order chi connectivity index (χ1) is 22.2. The fourth-order valence-corrected chi connectivity index (χ4v) is 13.7. The van der Waals surface area contributed by atoms with E-state index in [2.05, 4.69) is 72.5 Å². The van der Waals surface area contributed by atoms with E-state index in [1.165, 1.54) is 0 Å². The highest BCUT2D eigenvalue weighted by atomic mass is 32.1. The average Bonchev–Trinajstić information content (AvgIpc) is 3.47. The Hall–Kier alpha value is -1.40. The second-order valence-electron chi connectivity index (χ2n) is 14.5. The minimum Gasteiger partial charge on any atom is -0.457 e. The van der Waals surface area contributed by atoms with Crippen LogP contribution in [0, 0.1) is 24.2 Å². The van der Waals surface area contributed by atoms with Gasteiger partial charge in [-0.25, -0.2) is 4.98 Å². The molecule has 0 saturated heterocycles. The summed E-state index contributed by atoms with van der Waals surface area (Å²) in [7, 11) is -4.18. The van der Waals surface area contributed by atoms with Crippen molar-refractivity contribution < 1.29 is 23.2 Å². The fraction of sp³-hybridized carbons (Fsp3) is 0.763. The molecule has 0 saturated carbocycles. The SMILES string of the molecule is CC[Si](CC)(CC)O[C@H]1[C@@H](C)CCC/C=C\C[C@@H](/C(C)=C/c2csc(C)n2)OC(=O)C[C@H](O[Si](CC)(CC)CC)C(C)(C)C(=O)[C@@H]1C. The second kappa shape index (κ2) is 19.1. The van der Waals surface area contributed by atoms with Crippen molar-refractivity contribution in [3.63, 3.8) is 0 Å². The van der Waals surface area contributed by atoms with E-state index < -0.39 is 34.3 Å². The van der Waals surface area contributed by atoms with Crippen LogP contribution < -0.4 is 0 Å². The highest BCUT2D eigenvalue weighted by Crippen LogP contribution is 2.39. The lowest BCUT2D eigenvalue weighted by atomic mass is 9.73. The monoisotopic (exact) mass is 705 g/mol. The molecule has 1 aromatic heterocycles. The van der Waals surface area contributed by atoms with Crippen molar-refractivity contribution in [3.05, 3.63) is 33.8 Å². The van der Waals surface area contributed by atoms with Gasteiger partial charge in [-0.1, -0.05) is 81.4 Å². The molecule has 0 unspecified atom stereocenters. The maximum atomic E-state index is 14.8. The van der Waals surface area contributed by atoms with E-state index in [9.17, 15) is 9.59 Å². The van der Waals surface area contributed by atoms with Crippen molar-refractivity contribution in [3.8, 4) is 0 Å². The van der Waals surface area contributed by atoms with Gasteiger partial charge in [0.15, 0.2) is 16.6 Å². The van der Waals surface area contributed by atoms with Crippen LogP contribution in [0.4, 0.5) is 0 Å². The molecule has 0 radical (unpaired) electrons. The number of esters is 1. The number of carbonyl (C=O) groups excluding carboxylic acids is 2. The van der Waals surface area contributed by atoms with Gasteiger partial charge in [0.1, 0.15) is 11.9 Å². The Morgan fingerprint density at radius 3 is 2.09 bits per heavy atom. The molecule has 0 fully saturated rings. The molecule has 0 N–H and O–H groups in total. The number of aryl methyl sites for hydroxylation is 1. The van der Waals surface area contributed by atoms with Gasteiger partial charge < -0.3 is 13.6 Å². The summed E-state index contributed by atoms with van der Waals surface area (Å²) in [4.78, 5) is 33.3. The molecule has 1 aliphatic rings. The van der Waals surface area contributed by atoms with Gasteiger partial charge in [-0.15, -0.1) is 11.3 Å². The average molecular weight is 706 g/mol. The minimum absolute atomic E-state index is 0.0438. The number of aromatic nitrogens is 1. The van der Waals surface area contributed by atoms with Gasteiger partial charge in [-0.3, -0.25) is 9.59 Å². The van der Waals surface area contributed by atoms with Crippen LogP contribution in [0.15, 0.2) is 23.1 Å². The van der Waals surface area contributed by atoms with Crippen molar-refractivity contribution in [2.75, 3.05) is 0 Å². The summed E-state index contributed by atoms with van der Waals surface area (Å²) in [5, 5.41) is 3.03. The zero-order valence-electron chi connectivity index (χ0n) is 31.9. The topological polar surface area (TPSA) is 74.7 Å². The fourth-order valence-electron chi connectivity index (χ4n) is 7.16. The number of nitrogens with zero attached hydrogens (tertiary/aromatic N) is 1. The smallest absolute Gasteiger partial charge is 0.309 e. The number of hydrogen-bond acceptors (Lipinski definition) is 7. The third-order valence-electron chi connectivity index (χ3n) is 11.2. The van der Waals surface area contributed by atoms with Crippen molar-refractivity contribution in [2.45, 2.75) is 170 Å². The van der Waals surface area contributed by atoms with Crippen LogP contribution in [-0.4, -0.2) is 51.7 Å². The van der Waals surface area contributed by atoms with Gasteiger partial charge in [0.25, 0.3) is 0 Å². The number of allylic oxidation sites excluding steroid dienone is 1. The molecule has 2 rings (SSSR count). The van der Waals surface area contributed by atoms with Crippen molar-refractivity contribution in [2.24, 2.45) is 17.3 Å². The number of thiazole rings is 1. The number of cyclic esters (lactones) is 1. The lowest BCUT2D eigenvalue weighted by molar-refractivity contribution is -0.153. The molecular formula is C38H67NO5SSi2. The van der Waals surface area contributed by atoms with E-state index in [-0.39, 0.29) is 36.1 Å². The molecule has 2 heterocycles. The quantitative estimate of drug-likeness (QED) is 0.122. The summed E-state index contributed by atoms with van der Waals surface area (Å²) in [5.74, 6) is -0.273. The Bertz CT molecular complexity index is 1170. The molecule has 5 atom stereocenters. The van der Waals surface area contributed by atoms with E-state index in [0.29, 0.717) is 6.42 Å². The van der Waals surface area contributed by atoms with Gasteiger partial charge in [-0.2, -0.15) is 0 Å². The molecule has 9 heteroatoms. The summed E-state index contributed by atoms with van der Waals surface area (Å²) in [6, 6.07) is 5.95. The van der Waals surface area contributed by atoms with E-state index in [0.717, 1.165) is 71.8 Å². The van der Waals surface area contributed by atoms with Crippen molar-refractivity contribution in [1.29, 1.82) is 0 Å². The molecule has 47 heavy (non-hydrogen) atoms. The Kier molecular flexibility index (Phi) is 17.0. The largest absolute Gasteiger partial charge is 0.457 e. The third-order valence-corrected chi connectivity index (χ3v) is 21.3. The molecular weight excluding hydrogens is 639 g/mol. The van der Waals surface area contributed by atoms with E-state index in [1.54, 1.807) is 11.3 Å². The maximum Gasteiger partial charge on any atom is 0.309 e. The number of hydrogen-bond donors (Lipinski definition) is 0. The Morgan fingerprint density at radius 1 is 0.979 bits per heavy atom. The maximum absolute atomic E-state index is 14.8. The van der Waals surface area contributed by atoms with Crippen molar-refractivity contribution in [1.82, 2.24) is 4.98 Å². The normalized spacial score (nSPS) is 26.6. The van der Waals surface area contributed by atoms with E-state index in [1.807, 2.05) is 39.2 Å². The summed E-state index contributed by atoms with van der Waals surface area (Å²) in [6.45, 7) is 25.7. The number of rotatable bonds is 12. The highest BCUT2D eigenvalue weighted by Gasteiger charge is 2.48. The van der Waals surface area contributed by atoms with Crippen molar-refractivity contribution >= 4 is 45.8 Å². The Morgan fingerprint density at radius 2 is 1.55 bits per heavy atom.